The Morgan fingerprint density at radius 3 is 2.39 bits per heavy atom. The molecule has 4 heteroatoms. The van der Waals surface area contributed by atoms with Crippen molar-refractivity contribution in [1.82, 2.24) is 4.90 Å². The summed E-state index contributed by atoms with van der Waals surface area (Å²) >= 11 is 0. The number of ether oxygens (including phenoxy) is 1. The molecule has 0 aromatic heterocycles. The van der Waals surface area contributed by atoms with Gasteiger partial charge in [-0.1, -0.05) is 30.3 Å². The van der Waals surface area contributed by atoms with Crippen LogP contribution in [-0.4, -0.2) is 31.5 Å². The molecule has 0 heterocycles. The van der Waals surface area contributed by atoms with Crippen molar-refractivity contribution in [2.75, 3.05) is 26.0 Å². The number of carbonyl (C=O) groups is 1. The number of rotatable bonds is 6. The highest BCUT2D eigenvalue weighted by molar-refractivity contribution is 5.92. The first-order valence-electron chi connectivity index (χ1n) is 7.68. The van der Waals surface area contributed by atoms with Gasteiger partial charge in [0.25, 0.3) is 5.91 Å². The van der Waals surface area contributed by atoms with E-state index in [9.17, 15) is 4.79 Å². The number of hydrogen-bond donors (Lipinski definition) is 1. The second kappa shape index (κ2) is 7.79. The van der Waals surface area contributed by atoms with Gasteiger partial charge in [-0.3, -0.25) is 4.79 Å². The molecule has 23 heavy (non-hydrogen) atoms. The van der Waals surface area contributed by atoms with Crippen LogP contribution in [0, 0.1) is 13.8 Å². The summed E-state index contributed by atoms with van der Waals surface area (Å²) < 4.78 is 5.68. The number of amides is 1. The zero-order chi connectivity index (χ0) is 16.8. The summed E-state index contributed by atoms with van der Waals surface area (Å²) in [6, 6.07) is 13.8. The van der Waals surface area contributed by atoms with Crippen molar-refractivity contribution < 1.29 is 9.53 Å². The topological polar surface area (TPSA) is 41.6 Å². The Labute approximate surface area is 138 Å². The lowest BCUT2D eigenvalue weighted by Crippen LogP contribution is -2.21. The van der Waals surface area contributed by atoms with Gasteiger partial charge in [0, 0.05) is 12.2 Å². The fraction of sp³-hybridized carbons (Fsp3) is 0.316. The van der Waals surface area contributed by atoms with Gasteiger partial charge in [0.05, 0.1) is 0 Å². The van der Waals surface area contributed by atoms with Gasteiger partial charge in [-0.25, -0.2) is 0 Å². The minimum absolute atomic E-state index is 0.00357. The van der Waals surface area contributed by atoms with Gasteiger partial charge < -0.3 is 15.0 Å². The van der Waals surface area contributed by atoms with Crippen LogP contribution in [0.3, 0.4) is 0 Å². The summed E-state index contributed by atoms with van der Waals surface area (Å²) in [6.45, 7) is 4.79. The fourth-order valence-corrected chi connectivity index (χ4v) is 2.47. The maximum Gasteiger partial charge on any atom is 0.262 e. The SMILES string of the molecule is Cc1cccc(C)c1OCC(=O)Nc1cccc(CN(C)C)c1. The number of aryl methyl sites for hydroxylation is 2. The minimum atomic E-state index is -0.158. The van der Waals surface area contributed by atoms with Gasteiger partial charge in [-0.15, -0.1) is 0 Å². The minimum Gasteiger partial charge on any atom is -0.483 e. The Morgan fingerprint density at radius 1 is 1.09 bits per heavy atom. The smallest absolute Gasteiger partial charge is 0.262 e. The van der Waals surface area contributed by atoms with Crippen molar-refractivity contribution in [3.63, 3.8) is 0 Å². The quantitative estimate of drug-likeness (QED) is 0.889. The van der Waals surface area contributed by atoms with Crippen LogP contribution in [-0.2, 0) is 11.3 Å². The molecular weight excluding hydrogens is 288 g/mol. The predicted molar refractivity (Wildman–Crippen MR) is 93.9 cm³/mol. The molecule has 1 N–H and O–H groups in total. The van der Waals surface area contributed by atoms with Gasteiger partial charge in [-0.05, 0) is 56.8 Å². The molecule has 1 amide bonds. The number of carbonyl (C=O) groups excluding carboxylic acids is 1. The molecule has 2 aromatic rings. The van der Waals surface area contributed by atoms with E-state index < -0.39 is 0 Å². The van der Waals surface area contributed by atoms with Crippen LogP contribution in [0.15, 0.2) is 42.5 Å². The van der Waals surface area contributed by atoms with E-state index in [1.165, 1.54) is 0 Å². The summed E-state index contributed by atoms with van der Waals surface area (Å²) in [4.78, 5) is 14.2. The van der Waals surface area contributed by atoms with Gasteiger partial charge in [0.1, 0.15) is 5.75 Å². The molecule has 0 saturated carbocycles. The number of para-hydroxylation sites is 1. The molecular formula is C19H24N2O2. The molecule has 122 valence electrons. The van der Waals surface area contributed by atoms with E-state index in [-0.39, 0.29) is 12.5 Å². The van der Waals surface area contributed by atoms with Crippen molar-refractivity contribution in [1.29, 1.82) is 0 Å². The Bertz CT molecular complexity index is 661. The Balaban J connectivity index is 1.95. The molecule has 0 fully saturated rings. The van der Waals surface area contributed by atoms with Crippen molar-refractivity contribution in [2.45, 2.75) is 20.4 Å². The highest BCUT2D eigenvalue weighted by atomic mass is 16.5. The highest BCUT2D eigenvalue weighted by Crippen LogP contribution is 2.22. The van der Waals surface area contributed by atoms with Gasteiger partial charge in [0.2, 0.25) is 0 Å². The zero-order valence-electron chi connectivity index (χ0n) is 14.2. The van der Waals surface area contributed by atoms with Crippen LogP contribution in [0.4, 0.5) is 5.69 Å². The molecule has 0 aliphatic rings. The third-order valence-electron chi connectivity index (χ3n) is 3.47. The lowest BCUT2D eigenvalue weighted by atomic mass is 10.1. The fourth-order valence-electron chi connectivity index (χ4n) is 2.47. The van der Waals surface area contributed by atoms with Crippen LogP contribution in [0.5, 0.6) is 5.75 Å². The molecule has 0 bridgehead atoms. The van der Waals surface area contributed by atoms with Crippen LogP contribution in [0.25, 0.3) is 0 Å². The van der Waals surface area contributed by atoms with Gasteiger partial charge >= 0.3 is 0 Å². The maximum atomic E-state index is 12.1. The number of nitrogens with zero attached hydrogens (tertiary/aromatic N) is 1. The van der Waals surface area contributed by atoms with Crippen molar-refractivity contribution in [3.8, 4) is 5.75 Å². The standard InChI is InChI=1S/C19H24N2O2/c1-14-7-5-8-15(2)19(14)23-13-18(22)20-17-10-6-9-16(11-17)12-21(3)4/h5-11H,12-13H2,1-4H3,(H,20,22). The number of benzene rings is 2. The molecule has 0 unspecified atom stereocenters. The van der Waals surface area contributed by atoms with Crippen LogP contribution in [0.2, 0.25) is 0 Å². The lowest BCUT2D eigenvalue weighted by Gasteiger charge is -2.13. The second-order valence-electron chi connectivity index (χ2n) is 6.00. The second-order valence-corrected chi connectivity index (χ2v) is 6.00. The Hall–Kier alpha value is -2.33. The first-order valence-corrected chi connectivity index (χ1v) is 7.68. The predicted octanol–water partition coefficient (Wildman–Crippen LogP) is 3.38. The zero-order valence-corrected chi connectivity index (χ0v) is 14.2. The van der Waals surface area contributed by atoms with Gasteiger partial charge in [-0.2, -0.15) is 0 Å². The molecule has 2 aromatic carbocycles. The first kappa shape index (κ1) is 17.0. The molecule has 4 nitrogen and oxygen atoms in total. The van der Waals surface area contributed by atoms with E-state index >= 15 is 0 Å². The van der Waals surface area contributed by atoms with Gasteiger partial charge in [0.15, 0.2) is 6.61 Å². The molecule has 0 aliphatic heterocycles. The summed E-state index contributed by atoms with van der Waals surface area (Å²) in [5.41, 5.74) is 4.01. The summed E-state index contributed by atoms with van der Waals surface area (Å²) in [5, 5.41) is 2.88. The van der Waals surface area contributed by atoms with Crippen LogP contribution < -0.4 is 10.1 Å². The molecule has 2 rings (SSSR count). The highest BCUT2D eigenvalue weighted by Gasteiger charge is 2.08. The van der Waals surface area contributed by atoms with E-state index in [1.807, 2.05) is 70.4 Å². The molecule has 0 radical (unpaired) electrons. The summed E-state index contributed by atoms with van der Waals surface area (Å²) in [5.74, 6) is 0.624. The van der Waals surface area contributed by atoms with Crippen LogP contribution >= 0.6 is 0 Å². The summed E-state index contributed by atoms with van der Waals surface area (Å²) in [7, 11) is 4.03. The van der Waals surface area contributed by atoms with E-state index in [0.717, 1.165) is 34.7 Å². The number of anilines is 1. The average Bonchev–Trinajstić information content (AvgIpc) is 2.46. The average molecular weight is 312 g/mol. The molecule has 0 spiro atoms. The van der Waals surface area contributed by atoms with E-state index in [1.54, 1.807) is 0 Å². The summed E-state index contributed by atoms with van der Waals surface area (Å²) in [6.07, 6.45) is 0. The largest absolute Gasteiger partial charge is 0.483 e. The van der Waals surface area contributed by atoms with E-state index in [2.05, 4.69) is 10.2 Å². The van der Waals surface area contributed by atoms with Crippen molar-refractivity contribution in [3.05, 3.63) is 59.2 Å². The lowest BCUT2D eigenvalue weighted by molar-refractivity contribution is -0.118. The molecule has 0 atom stereocenters. The van der Waals surface area contributed by atoms with E-state index in [0.29, 0.717) is 0 Å². The Morgan fingerprint density at radius 2 is 1.74 bits per heavy atom. The van der Waals surface area contributed by atoms with Crippen molar-refractivity contribution in [2.24, 2.45) is 0 Å². The number of nitrogens with one attached hydrogen (secondary N) is 1. The molecule has 0 aliphatic carbocycles. The third-order valence-corrected chi connectivity index (χ3v) is 3.47. The molecule has 0 saturated heterocycles. The first-order chi connectivity index (χ1) is 11.0. The Kier molecular flexibility index (Phi) is 5.77. The normalized spacial score (nSPS) is 10.7. The number of hydrogen-bond acceptors (Lipinski definition) is 3. The maximum absolute atomic E-state index is 12.1. The third kappa shape index (κ3) is 5.11. The monoisotopic (exact) mass is 312 g/mol. The van der Waals surface area contributed by atoms with E-state index in [4.69, 9.17) is 4.74 Å². The van der Waals surface area contributed by atoms with Crippen molar-refractivity contribution >= 4 is 11.6 Å². The van der Waals surface area contributed by atoms with Crippen LogP contribution in [0.1, 0.15) is 16.7 Å².